The number of anilines is 1. The summed E-state index contributed by atoms with van der Waals surface area (Å²) in [6, 6.07) is 4.06. The molecule has 0 unspecified atom stereocenters. The van der Waals surface area contributed by atoms with Crippen molar-refractivity contribution in [2.75, 3.05) is 5.73 Å². The van der Waals surface area contributed by atoms with Gasteiger partial charge in [0.1, 0.15) is 0 Å². The maximum absolute atomic E-state index is 5.46. The highest BCUT2D eigenvalue weighted by molar-refractivity contribution is 5.65. The fourth-order valence-corrected chi connectivity index (χ4v) is 1.77. The number of nitrogens with zero attached hydrogens (tertiary/aromatic N) is 4. The zero-order chi connectivity index (χ0) is 11.8. The van der Waals surface area contributed by atoms with Crippen molar-refractivity contribution < 1.29 is 0 Å². The number of fused-ring (bicyclic) bond motifs is 1. The Morgan fingerprint density at radius 3 is 2.59 bits per heavy atom. The molecule has 3 heterocycles. The van der Waals surface area contributed by atoms with Crippen LogP contribution in [0.5, 0.6) is 0 Å². The Bertz CT molecular complexity index is 669. The molecule has 0 radical (unpaired) electrons. The highest BCUT2D eigenvalue weighted by Crippen LogP contribution is 2.19. The Morgan fingerprint density at radius 2 is 1.82 bits per heavy atom. The van der Waals surface area contributed by atoms with Gasteiger partial charge in [-0.15, -0.1) is 0 Å². The Labute approximate surface area is 97.9 Å². The molecular weight excluding hydrogens is 214 g/mol. The minimum atomic E-state index is 0.282. The Balaban J connectivity index is 2.14. The van der Waals surface area contributed by atoms with Gasteiger partial charge in [-0.25, -0.2) is 14.5 Å². The van der Waals surface area contributed by atoms with E-state index in [4.69, 9.17) is 5.73 Å². The van der Waals surface area contributed by atoms with Crippen LogP contribution in [0.1, 0.15) is 5.56 Å². The molecule has 0 amide bonds. The average Bonchev–Trinajstić information content (AvgIpc) is 2.72. The number of hydrogen-bond donors (Lipinski definition) is 1. The number of nitrogens with two attached hydrogens (primary N) is 1. The highest BCUT2D eigenvalue weighted by Gasteiger charge is 2.03. The van der Waals surface area contributed by atoms with Crippen molar-refractivity contribution in [3.05, 3.63) is 42.5 Å². The van der Waals surface area contributed by atoms with Crippen LogP contribution >= 0.6 is 0 Å². The molecule has 3 rings (SSSR count). The number of nitrogen functional groups attached to an aromatic ring is 1. The summed E-state index contributed by atoms with van der Waals surface area (Å²) in [4.78, 5) is 7.96. The molecular formula is C12H11N5. The average molecular weight is 225 g/mol. The molecule has 5 heteroatoms. The number of aromatic nitrogens is 4. The molecule has 0 spiro atoms. The van der Waals surface area contributed by atoms with E-state index >= 15 is 0 Å². The first kappa shape index (κ1) is 9.77. The van der Waals surface area contributed by atoms with Gasteiger partial charge in [0.25, 0.3) is 0 Å². The number of pyridine rings is 1. The monoisotopic (exact) mass is 225 g/mol. The van der Waals surface area contributed by atoms with Gasteiger partial charge in [0.15, 0.2) is 0 Å². The molecule has 0 bridgehead atoms. The second kappa shape index (κ2) is 3.55. The Kier molecular flexibility index (Phi) is 2.04. The van der Waals surface area contributed by atoms with Crippen molar-refractivity contribution in [3.63, 3.8) is 0 Å². The fourth-order valence-electron chi connectivity index (χ4n) is 1.77. The molecule has 0 saturated heterocycles. The molecule has 0 aromatic carbocycles. The molecule has 0 aliphatic carbocycles. The predicted molar refractivity (Wildman–Crippen MR) is 65.4 cm³/mol. The summed E-state index contributed by atoms with van der Waals surface area (Å²) in [6.07, 6.45) is 7.22. The van der Waals surface area contributed by atoms with Gasteiger partial charge < -0.3 is 5.73 Å². The van der Waals surface area contributed by atoms with Crippen molar-refractivity contribution >= 4 is 11.5 Å². The summed E-state index contributed by atoms with van der Waals surface area (Å²) in [7, 11) is 0. The third-order valence-corrected chi connectivity index (χ3v) is 2.71. The molecule has 3 aromatic heterocycles. The summed E-state index contributed by atoms with van der Waals surface area (Å²) in [5.41, 5.74) is 9.66. The van der Waals surface area contributed by atoms with Crippen molar-refractivity contribution in [2.45, 2.75) is 6.92 Å². The molecule has 84 valence electrons. The van der Waals surface area contributed by atoms with E-state index in [1.54, 1.807) is 12.4 Å². The zero-order valence-electron chi connectivity index (χ0n) is 9.33. The van der Waals surface area contributed by atoms with Crippen LogP contribution in [0.3, 0.4) is 0 Å². The van der Waals surface area contributed by atoms with Gasteiger partial charge in [-0.05, 0) is 18.6 Å². The van der Waals surface area contributed by atoms with Gasteiger partial charge >= 0.3 is 0 Å². The lowest BCUT2D eigenvalue weighted by Crippen LogP contribution is -1.94. The summed E-state index contributed by atoms with van der Waals surface area (Å²) in [5, 5.41) is 4.27. The van der Waals surface area contributed by atoms with Crippen LogP contribution in [-0.2, 0) is 0 Å². The second-order valence-electron chi connectivity index (χ2n) is 3.91. The molecule has 5 nitrogen and oxygen atoms in total. The molecule has 17 heavy (non-hydrogen) atoms. The van der Waals surface area contributed by atoms with E-state index in [9.17, 15) is 0 Å². The molecule has 0 saturated carbocycles. The van der Waals surface area contributed by atoms with E-state index in [2.05, 4.69) is 15.1 Å². The lowest BCUT2D eigenvalue weighted by atomic mass is 10.1. The smallest absolute Gasteiger partial charge is 0.219 e. The summed E-state index contributed by atoms with van der Waals surface area (Å²) >= 11 is 0. The standard InChI is InChI=1S/C12H11N5/c1-8-4-16-17-7-9(2-3-11(8)17)10-5-14-12(13)15-6-10/h2-7H,1H3,(H2,13,14,15). The van der Waals surface area contributed by atoms with Crippen molar-refractivity contribution in [2.24, 2.45) is 0 Å². The minimum absolute atomic E-state index is 0.282. The lowest BCUT2D eigenvalue weighted by Gasteiger charge is -2.02. The van der Waals surface area contributed by atoms with E-state index in [0.717, 1.165) is 22.2 Å². The van der Waals surface area contributed by atoms with Crippen LogP contribution in [-0.4, -0.2) is 19.6 Å². The van der Waals surface area contributed by atoms with Gasteiger partial charge in [-0.3, -0.25) is 0 Å². The van der Waals surface area contributed by atoms with E-state index in [0.29, 0.717) is 0 Å². The molecule has 0 aliphatic rings. The molecule has 0 fully saturated rings. The van der Waals surface area contributed by atoms with Crippen LogP contribution in [0.15, 0.2) is 36.9 Å². The molecule has 0 atom stereocenters. The van der Waals surface area contributed by atoms with E-state index in [-0.39, 0.29) is 5.95 Å². The minimum Gasteiger partial charge on any atom is -0.368 e. The molecule has 3 aromatic rings. The van der Waals surface area contributed by atoms with Gasteiger partial charge in [0.05, 0.1) is 11.7 Å². The van der Waals surface area contributed by atoms with Crippen LogP contribution in [0.4, 0.5) is 5.95 Å². The quantitative estimate of drug-likeness (QED) is 0.684. The van der Waals surface area contributed by atoms with E-state index < -0.39 is 0 Å². The summed E-state index contributed by atoms with van der Waals surface area (Å²) in [5.74, 6) is 0.282. The first-order valence-corrected chi connectivity index (χ1v) is 5.26. The summed E-state index contributed by atoms with van der Waals surface area (Å²) < 4.78 is 1.85. The second-order valence-corrected chi connectivity index (χ2v) is 3.91. The maximum atomic E-state index is 5.46. The van der Waals surface area contributed by atoms with Crippen molar-refractivity contribution in [1.29, 1.82) is 0 Å². The third kappa shape index (κ3) is 1.61. The molecule has 0 aliphatic heterocycles. The van der Waals surface area contributed by atoms with E-state index in [1.165, 1.54) is 0 Å². The van der Waals surface area contributed by atoms with Crippen LogP contribution in [0.25, 0.3) is 16.6 Å². The Hall–Kier alpha value is -2.43. The first-order valence-electron chi connectivity index (χ1n) is 5.26. The highest BCUT2D eigenvalue weighted by atomic mass is 15.2. The predicted octanol–water partition coefficient (Wildman–Crippen LogP) is 1.68. The normalized spacial score (nSPS) is 10.9. The zero-order valence-corrected chi connectivity index (χ0v) is 9.33. The van der Waals surface area contributed by atoms with Gasteiger partial charge in [-0.1, -0.05) is 6.07 Å². The van der Waals surface area contributed by atoms with E-state index in [1.807, 2.05) is 36.0 Å². The van der Waals surface area contributed by atoms with Gasteiger partial charge in [-0.2, -0.15) is 5.10 Å². The first-order chi connectivity index (χ1) is 8.24. The molecule has 2 N–H and O–H groups in total. The SMILES string of the molecule is Cc1cnn2cc(-c3cnc(N)nc3)ccc12. The maximum Gasteiger partial charge on any atom is 0.219 e. The van der Waals surface area contributed by atoms with Gasteiger partial charge in [0.2, 0.25) is 5.95 Å². The largest absolute Gasteiger partial charge is 0.368 e. The third-order valence-electron chi connectivity index (χ3n) is 2.71. The number of aryl methyl sites for hydroxylation is 1. The van der Waals surface area contributed by atoms with Crippen LogP contribution in [0, 0.1) is 6.92 Å². The van der Waals surface area contributed by atoms with Crippen LogP contribution < -0.4 is 5.73 Å². The lowest BCUT2D eigenvalue weighted by molar-refractivity contribution is 0.962. The van der Waals surface area contributed by atoms with Gasteiger partial charge in [0, 0.05) is 29.7 Å². The topological polar surface area (TPSA) is 69.1 Å². The fraction of sp³-hybridized carbons (Fsp3) is 0.0833. The van der Waals surface area contributed by atoms with Crippen molar-refractivity contribution in [1.82, 2.24) is 19.6 Å². The number of rotatable bonds is 1. The summed E-state index contributed by atoms with van der Waals surface area (Å²) in [6.45, 7) is 2.04. The van der Waals surface area contributed by atoms with Crippen LogP contribution in [0.2, 0.25) is 0 Å². The Morgan fingerprint density at radius 1 is 1.06 bits per heavy atom. The van der Waals surface area contributed by atoms with Crippen molar-refractivity contribution in [3.8, 4) is 11.1 Å². The number of hydrogen-bond acceptors (Lipinski definition) is 4.